The van der Waals surface area contributed by atoms with Crippen molar-refractivity contribution in [1.82, 2.24) is 4.31 Å². The highest BCUT2D eigenvalue weighted by Gasteiger charge is 2.31. The molecule has 0 spiro atoms. The van der Waals surface area contributed by atoms with Gasteiger partial charge < -0.3 is 10.2 Å². The second-order valence-electron chi connectivity index (χ2n) is 3.12. The topological polar surface area (TPSA) is 112 Å². The molecule has 0 unspecified atom stereocenters. The van der Waals surface area contributed by atoms with Crippen molar-refractivity contribution in [3.05, 3.63) is 15.9 Å². The number of carboxylic acids is 2. The Morgan fingerprint density at radius 2 is 1.78 bits per heavy atom. The van der Waals surface area contributed by atoms with Crippen LogP contribution in [0.1, 0.15) is 0 Å². The third-order valence-electron chi connectivity index (χ3n) is 1.78. The van der Waals surface area contributed by atoms with Gasteiger partial charge in [-0.3, -0.25) is 9.59 Å². The predicted molar refractivity (Wildman–Crippen MR) is 66.0 cm³/mol. The van der Waals surface area contributed by atoms with Gasteiger partial charge in [0.15, 0.2) is 0 Å². The zero-order valence-corrected chi connectivity index (χ0v) is 12.0. The molecule has 7 nitrogen and oxygen atoms in total. The number of carboxylic acid groups (broad SMARTS) is 2. The van der Waals surface area contributed by atoms with Crippen LogP contribution >= 0.6 is 27.3 Å². The summed E-state index contributed by atoms with van der Waals surface area (Å²) in [4.78, 5) is 21.2. The van der Waals surface area contributed by atoms with E-state index < -0.39 is 35.1 Å². The number of hydrogen-bond donors (Lipinski definition) is 2. The number of hydrogen-bond acceptors (Lipinski definition) is 5. The molecule has 1 aromatic heterocycles. The Morgan fingerprint density at radius 3 is 2.11 bits per heavy atom. The lowest BCUT2D eigenvalue weighted by Gasteiger charge is -2.17. The first kappa shape index (κ1) is 15.1. The molecular formula is C8H8BrNO6S2. The molecule has 18 heavy (non-hydrogen) atoms. The summed E-state index contributed by atoms with van der Waals surface area (Å²) in [5.41, 5.74) is 0. The number of thiophene rings is 1. The van der Waals surface area contributed by atoms with E-state index in [4.69, 9.17) is 10.2 Å². The summed E-state index contributed by atoms with van der Waals surface area (Å²) >= 11 is 3.89. The molecule has 0 aliphatic heterocycles. The van der Waals surface area contributed by atoms with Crippen LogP contribution in [0.25, 0.3) is 0 Å². The number of rotatable bonds is 6. The Hall–Kier alpha value is -0.970. The Kier molecular flexibility index (Phi) is 4.85. The van der Waals surface area contributed by atoms with Crippen LogP contribution in [-0.4, -0.2) is 48.0 Å². The standard InChI is InChI=1S/C8H8BrNO6S2/c9-5-1-2-17-8(5)18(15,16)10(3-6(11)12)4-7(13)14/h1-2H,3-4H2,(H,11,12)(H,13,14). The summed E-state index contributed by atoms with van der Waals surface area (Å²) < 4.78 is 24.7. The normalized spacial score (nSPS) is 11.7. The van der Waals surface area contributed by atoms with Gasteiger partial charge in [0.1, 0.15) is 17.3 Å². The number of sulfonamides is 1. The van der Waals surface area contributed by atoms with Crippen LogP contribution in [0.4, 0.5) is 0 Å². The van der Waals surface area contributed by atoms with Gasteiger partial charge in [0.05, 0.1) is 0 Å². The third-order valence-corrected chi connectivity index (χ3v) is 6.22. The van der Waals surface area contributed by atoms with E-state index in [0.29, 0.717) is 4.31 Å². The average Bonchev–Trinajstić information content (AvgIpc) is 2.62. The quantitative estimate of drug-likeness (QED) is 0.773. The van der Waals surface area contributed by atoms with Gasteiger partial charge in [0, 0.05) is 4.47 Å². The molecule has 100 valence electrons. The van der Waals surface area contributed by atoms with Crippen LogP contribution in [0.5, 0.6) is 0 Å². The molecule has 0 radical (unpaired) electrons. The van der Waals surface area contributed by atoms with E-state index in [0.717, 1.165) is 11.3 Å². The van der Waals surface area contributed by atoms with Crippen LogP contribution in [0.3, 0.4) is 0 Å². The zero-order chi connectivity index (χ0) is 13.9. The minimum absolute atomic E-state index is 0.120. The maximum absolute atomic E-state index is 12.1. The smallest absolute Gasteiger partial charge is 0.318 e. The molecule has 0 bridgehead atoms. The van der Waals surface area contributed by atoms with Gasteiger partial charge in [0.25, 0.3) is 10.0 Å². The van der Waals surface area contributed by atoms with Crippen LogP contribution in [0, 0.1) is 0 Å². The summed E-state index contributed by atoms with van der Waals surface area (Å²) in [5.74, 6) is -2.85. The molecule has 0 aliphatic rings. The third kappa shape index (κ3) is 3.51. The Bertz CT molecular complexity index is 550. The molecule has 0 saturated carbocycles. The summed E-state index contributed by atoms with van der Waals surface area (Å²) in [5, 5.41) is 18.7. The maximum atomic E-state index is 12.1. The fourth-order valence-electron chi connectivity index (χ4n) is 1.11. The lowest BCUT2D eigenvalue weighted by atomic mass is 10.6. The van der Waals surface area contributed by atoms with Gasteiger partial charge >= 0.3 is 11.9 Å². The van der Waals surface area contributed by atoms with E-state index in [1.54, 1.807) is 0 Å². The molecule has 0 aliphatic carbocycles. The molecule has 0 fully saturated rings. The molecule has 1 aromatic rings. The second kappa shape index (κ2) is 5.78. The lowest BCUT2D eigenvalue weighted by Crippen LogP contribution is -2.39. The van der Waals surface area contributed by atoms with E-state index in [-0.39, 0.29) is 8.68 Å². The van der Waals surface area contributed by atoms with Crippen molar-refractivity contribution in [2.24, 2.45) is 0 Å². The van der Waals surface area contributed by atoms with Gasteiger partial charge in [-0.25, -0.2) is 8.42 Å². The molecule has 0 amide bonds. The van der Waals surface area contributed by atoms with Crippen molar-refractivity contribution in [1.29, 1.82) is 0 Å². The second-order valence-corrected chi connectivity index (χ2v) is 7.02. The first-order valence-electron chi connectivity index (χ1n) is 4.42. The van der Waals surface area contributed by atoms with Gasteiger partial charge in [0.2, 0.25) is 0 Å². The SMILES string of the molecule is O=C(O)CN(CC(=O)O)S(=O)(=O)c1sccc1Br. The average molecular weight is 358 g/mol. The van der Waals surface area contributed by atoms with Crippen LogP contribution < -0.4 is 0 Å². The van der Waals surface area contributed by atoms with Crippen molar-refractivity contribution in [2.45, 2.75) is 4.21 Å². The van der Waals surface area contributed by atoms with E-state index in [9.17, 15) is 18.0 Å². The van der Waals surface area contributed by atoms with E-state index >= 15 is 0 Å². The predicted octanol–water partition coefficient (Wildman–Crippen LogP) is 0.670. The molecule has 2 N–H and O–H groups in total. The lowest BCUT2D eigenvalue weighted by molar-refractivity contribution is -0.139. The first-order chi connectivity index (χ1) is 8.25. The van der Waals surface area contributed by atoms with E-state index in [1.807, 2.05) is 0 Å². The first-order valence-corrected chi connectivity index (χ1v) is 7.53. The molecule has 10 heteroatoms. The van der Waals surface area contributed by atoms with Crippen molar-refractivity contribution < 1.29 is 28.2 Å². The maximum Gasteiger partial charge on any atom is 0.318 e. The van der Waals surface area contributed by atoms with Crippen LogP contribution in [-0.2, 0) is 19.6 Å². The molecule has 0 aromatic carbocycles. The number of aliphatic carboxylic acids is 2. The number of halogens is 1. The van der Waals surface area contributed by atoms with Gasteiger partial charge in [-0.15, -0.1) is 11.3 Å². The fourth-order valence-corrected chi connectivity index (χ4v) is 4.90. The molecule has 1 rings (SSSR count). The Labute approximate surface area is 115 Å². The van der Waals surface area contributed by atoms with E-state index in [1.165, 1.54) is 11.4 Å². The minimum Gasteiger partial charge on any atom is -0.480 e. The van der Waals surface area contributed by atoms with Gasteiger partial charge in [-0.2, -0.15) is 4.31 Å². The van der Waals surface area contributed by atoms with Crippen molar-refractivity contribution in [3.8, 4) is 0 Å². The monoisotopic (exact) mass is 357 g/mol. The van der Waals surface area contributed by atoms with Crippen molar-refractivity contribution >= 4 is 49.2 Å². The van der Waals surface area contributed by atoms with Gasteiger partial charge in [-0.05, 0) is 27.4 Å². The Balaban J connectivity index is 3.15. The summed E-state index contributed by atoms with van der Waals surface area (Å²) in [6, 6.07) is 1.48. The fraction of sp³-hybridized carbons (Fsp3) is 0.250. The molecular weight excluding hydrogens is 350 g/mol. The van der Waals surface area contributed by atoms with Crippen LogP contribution in [0.15, 0.2) is 20.1 Å². The largest absolute Gasteiger partial charge is 0.480 e. The highest BCUT2D eigenvalue weighted by molar-refractivity contribution is 9.10. The molecule has 0 saturated heterocycles. The molecule has 1 heterocycles. The number of carbonyl (C=O) groups is 2. The van der Waals surface area contributed by atoms with E-state index in [2.05, 4.69) is 15.9 Å². The Morgan fingerprint density at radius 1 is 1.28 bits per heavy atom. The van der Waals surface area contributed by atoms with Crippen LogP contribution in [0.2, 0.25) is 0 Å². The van der Waals surface area contributed by atoms with Gasteiger partial charge in [-0.1, -0.05) is 0 Å². The minimum atomic E-state index is -4.14. The zero-order valence-electron chi connectivity index (χ0n) is 8.74. The summed E-state index contributed by atoms with van der Waals surface area (Å²) in [6.07, 6.45) is 0. The highest BCUT2D eigenvalue weighted by atomic mass is 79.9. The van der Waals surface area contributed by atoms with Crippen molar-refractivity contribution in [2.75, 3.05) is 13.1 Å². The highest BCUT2D eigenvalue weighted by Crippen LogP contribution is 2.30. The summed E-state index contributed by atoms with van der Waals surface area (Å²) in [6.45, 7) is -1.81. The van der Waals surface area contributed by atoms with Crippen molar-refractivity contribution in [3.63, 3.8) is 0 Å². The molecule has 0 atom stereocenters. The summed E-state index contributed by atoms with van der Waals surface area (Å²) in [7, 11) is -4.14. The number of nitrogens with zero attached hydrogens (tertiary/aromatic N) is 1.